The van der Waals surface area contributed by atoms with E-state index in [-0.39, 0.29) is 42.9 Å². The first-order chi connectivity index (χ1) is 17.9. The number of esters is 1. The molecule has 3 aliphatic rings. The Bertz CT molecular complexity index is 1270. The number of likely N-dealkylation sites (tertiary alicyclic amines) is 1. The topological polar surface area (TPSA) is 96.4 Å². The number of alkyl halides is 1. The number of rotatable bonds is 9. The van der Waals surface area contributed by atoms with Crippen LogP contribution >= 0.6 is 15.9 Å². The van der Waals surface area contributed by atoms with E-state index in [4.69, 9.17) is 9.47 Å². The van der Waals surface area contributed by atoms with Crippen molar-refractivity contribution in [3.8, 4) is 0 Å². The zero-order valence-corrected chi connectivity index (χ0v) is 21.9. The van der Waals surface area contributed by atoms with E-state index in [0.29, 0.717) is 12.1 Å². The Hall–Kier alpha value is -3.01. The molecule has 0 radical (unpaired) electrons. The summed E-state index contributed by atoms with van der Waals surface area (Å²) in [6.45, 7) is 7.25. The number of carbonyl (C=O) groups excluding carboxylic acids is 3. The molecule has 3 saturated heterocycles. The number of benzene rings is 2. The van der Waals surface area contributed by atoms with Crippen LogP contribution in [0.25, 0.3) is 10.8 Å². The highest BCUT2D eigenvalue weighted by Gasteiger charge is 2.77. The number of amides is 2. The fourth-order valence-corrected chi connectivity index (χ4v) is 7.15. The fraction of sp³-hybridized carbons (Fsp3) is 0.393. The van der Waals surface area contributed by atoms with Gasteiger partial charge in [0.1, 0.15) is 18.2 Å². The summed E-state index contributed by atoms with van der Waals surface area (Å²) >= 11 is 3.63. The molecule has 5 rings (SSSR count). The zero-order valence-electron chi connectivity index (χ0n) is 20.3. The van der Waals surface area contributed by atoms with Gasteiger partial charge < -0.3 is 24.4 Å². The van der Waals surface area contributed by atoms with E-state index in [1.54, 1.807) is 11.0 Å². The molecule has 0 aromatic heterocycles. The van der Waals surface area contributed by atoms with Gasteiger partial charge in [0.25, 0.3) is 5.91 Å². The number of nitrogens with zero attached hydrogens (tertiary/aromatic N) is 2. The number of aliphatic hydroxyl groups is 1. The number of ether oxygens (including phenoxy) is 2. The van der Waals surface area contributed by atoms with Crippen molar-refractivity contribution >= 4 is 50.2 Å². The first-order valence-corrected chi connectivity index (χ1v) is 13.2. The third-order valence-electron chi connectivity index (χ3n) is 7.60. The molecule has 8 nitrogen and oxygen atoms in total. The summed E-state index contributed by atoms with van der Waals surface area (Å²) in [6, 6.07) is 12.6. The molecule has 1 N–H and O–H groups in total. The molecular weight excluding hydrogens is 540 g/mol. The molecule has 1 spiro atoms. The Kier molecular flexibility index (Phi) is 6.95. The summed E-state index contributed by atoms with van der Waals surface area (Å²) in [4.78, 5) is 43.9. The van der Waals surface area contributed by atoms with E-state index >= 15 is 0 Å². The largest absolute Gasteiger partial charge is 0.461 e. The highest BCUT2D eigenvalue weighted by molar-refractivity contribution is 9.09. The van der Waals surface area contributed by atoms with Crippen LogP contribution in [0.5, 0.6) is 0 Å². The minimum Gasteiger partial charge on any atom is -0.461 e. The molecule has 9 heteroatoms. The number of halogens is 1. The zero-order chi connectivity index (χ0) is 26.3. The Labute approximate surface area is 223 Å². The molecule has 6 atom stereocenters. The molecule has 37 heavy (non-hydrogen) atoms. The molecule has 194 valence electrons. The lowest BCUT2D eigenvalue weighted by Crippen LogP contribution is -2.57. The van der Waals surface area contributed by atoms with Gasteiger partial charge in [0, 0.05) is 23.6 Å². The SMILES string of the molecule is C=CCOC(=O)[C@H]1[C@H]2C(=O)N(CCO)C(C(=O)N(CC=C)c3ccc4ccccc4c3)C23CC(Br)[C@@H]1O3. The van der Waals surface area contributed by atoms with Crippen molar-refractivity contribution < 1.29 is 29.0 Å². The first-order valence-electron chi connectivity index (χ1n) is 12.3. The Morgan fingerprint density at radius 3 is 2.68 bits per heavy atom. The lowest BCUT2D eigenvalue weighted by molar-refractivity contribution is -0.153. The molecule has 3 heterocycles. The molecule has 2 bridgehead atoms. The Balaban J connectivity index is 1.57. The van der Waals surface area contributed by atoms with Gasteiger partial charge >= 0.3 is 5.97 Å². The summed E-state index contributed by atoms with van der Waals surface area (Å²) in [7, 11) is 0. The van der Waals surface area contributed by atoms with Gasteiger partial charge in [-0.25, -0.2) is 0 Å². The smallest absolute Gasteiger partial charge is 0.312 e. The highest BCUT2D eigenvalue weighted by atomic mass is 79.9. The predicted molar refractivity (Wildman–Crippen MR) is 142 cm³/mol. The van der Waals surface area contributed by atoms with Gasteiger partial charge in [-0.2, -0.15) is 0 Å². The number of hydrogen-bond donors (Lipinski definition) is 1. The van der Waals surface area contributed by atoms with Gasteiger partial charge in [0.05, 0.1) is 24.5 Å². The maximum Gasteiger partial charge on any atom is 0.312 e. The standard InChI is InChI=1S/C28H29BrN2O6/c1-3-11-30(19-10-9-17-7-5-6-8-18(17)15-19)26(34)24-28-16-20(29)23(37-28)21(27(35)36-14-4-2)22(28)25(33)31(24)12-13-32/h3-10,15,20-24,32H,1-2,11-14,16H2/t20?,21-,22-,23-,24?,28?/m0/s1. The van der Waals surface area contributed by atoms with Crippen LogP contribution in [0.4, 0.5) is 5.69 Å². The number of anilines is 1. The van der Waals surface area contributed by atoms with Crippen molar-refractivity contribution in [2.45, 2.75) is 29.0 Å². The molecular formula is C28H29BrN2O6. The summed E-state index contributed by atoms with van der Waals surface area (Å²) in [5.74, 6) is -3.03. The molecule has 3 aliphatic heterocycles. The van der Waals surface area contributed by atoms with Crippen molar-refractivity contribution in [2.75, 3.05) is 31.2 Å². The van der Waals surface area contributed by atoms with E-state index < -0.39 is 35.6 Å². The van der Waals surface area contributed by atoms with Crippen LogP contribution in [0.2, 0.25) is 0 Å². The van der Waals surface area contributed by atoms with Crippen LogP contribution in [0, 0.1) is 11.8 Å². The van der Waals surface area contributed by atoms with Crippen molar-refractivity contribution in [3.05, 3.63) is 67.8 Å². The average Bonchev–Trinajstić information content (AvgIpc) is 3.49. The second kappa shape index (κ2) is 10.0. The third kappa shape index (κ3) is 4.00. The maximum atomic E-state index is 14.4. The van der Waals surface area contributed by atoms with Crippen molar-refractivity contribution in [3.63, 3.8) is 0 Å². The maximum absolute atomic E-state index is 14.4. The lowest BCUT2D eigenvalue weighted by atomic mass is 9.70. The number of hydrogen-bond acceptors (Lipinski definition) is 6. The molecule has 2 aromatic carbocycles. The van der Waals surface area contributed by atoms with Crippen LogP contribution in [-0.2, 0) is 23.9 Å². The second-order valence-corrected chi connectivity index (χ2v) is 10.8. The molecule has 2 aromatic rings. The predicted octanol–water partition coefficient (Wildman–Crippen LogP) is 2.83. The number of β-amino-alcohol motifs (C(OH)–C–C–N with tert-alkyl or cyclic N) is 1. The summed E-state index contributed by atoms with van der Waals surface area (Å²) in [5.41, 5.74) is -0.569. The van der Waals surface area contributed by atoms with Crippen molar-refractivity contribution in [2.24, 2.45) is 11.8 Å². The van der Waals surface area contributed by atoms with E-state index in [2.05, 4.69) is 29.1 Å². The van der Waals surface area contributed by atoms with Crippen LogP contribution in [0.1, 0.15) is 6.42 Å². The Morgan fingerprint density at radius 1 is 1.22 bits per heavy atom. The molecule has 3 unspecified atom stereocenters. The van der Waals surface area contributed by atoms with E-state index in [1.165, 1.54) is 11.0 Å². The minimum atomic E-state index is -1.23. The monoisotopic (exact) mass is 568 g/mol. The van der Waals surface area contributed by atoms with Gasteiger partial charge in [-0.05, 0) is 29.3 Å². The summed E-state index contributed by atoms with van der Waals surface area (Å²) < 4.78 is 11.8. The lowest BCUT2D eigenvalue weighted by Gasteiger charge is -2.37. The van der Waals surface area contributed by atoms with Crippen LogP contribution in [-0.4, -0.2) is 76.7 Å². The van der Waals surface area contributed by atoms with Gasteiger partial charge in [-0.3, -0.25) is 14.4 Å². The average molecular weight is 569 g/mol. The van der Waals surface area contributed by atoms with E-state index in [0.717, 1.165) is 10.8 Å². The van der Waals surface area contributed by atoms with Crippen molar-refractivity contribution in [1.29, 1.82) is 0 Å². The summed E-state index contributed by atoms with van der Waals surface area (Å²) in [6.07, 6.45) is 2.86. The summed E-state index contributed by atoms with van der Waals surface area (Å²) in [5, 5.41) is 11.8. The molecule has 2 amide bonds. The molecule has 0 saturated carbocycles. The van der Waals surface area contributed by atoms with Gasteiger partial charge in [0.2, 0.25) is 5.91 Å². The second-order valence-electron chi connectivity index (χ2n) is 9.61. The molecule has 0 aliphatic carbocycles. The molecule has 3 fully saturated rings. The highest BCUT2D eigenvalue weighted by Crippen LogP contribution is 2.60. The van der Waals surface area contributed by atoms with Crippen LogP contribution < -0.4 is 4.90 Å². The number of carbonyl (C=O) groups is 3. The van der Waals surface area contributed by atoms with Crippen molar-refractivity contribution in [1.82, 2.24) is 4.90 Å². The first kappa shape index (κ1) is 25.6. The van der Waals surface area contributed by atoms with Gasteiger partial charge in [-0.15, -0.1) is 6.58 Å². The minimum absolute atomic E-state index is 0.0146. The number of fused-ring (bicyclic) bond motifs is 2. The Morgan fingerprint density at radius 2 is 1.97 bits per heavy atom. The van der Waals surface area contributed by atoms with Crippen LogP contribution in [0.15, 0.2) is 67.8 Å². The van der Waals surface area contributed by atoms with E-state index in [1.807, 2.05) is 42.5 Å². The van der Waals surface area contributed by atoms with Crippen LogP contribution in [0.3, 0.4) is 0 Å². The van der Waals surface area contributed by atoms with E-state index in [9.17, 15) is 19.5 Å². The normalized spacial score (nSPS) is 29.8. The fourth-order valence-electron chi connectivity index (χ4n) is 6.21. The quantitative estimate of drug-likeness (QED) is 0.284. The van der Waals surface area contributed by atoms with Gasteiger partial charge in [0.15, 0.2) is 0 Å². The number of aliphatic hydroxyl groups excluding tert-OH is 1. The third-order valence-corrected chi connectivity index (χ3v) is 8.45. The van der Waals surface area contributed by atoms with Gasteiger partial charge in [-0.1, -0.05) is 65.0 Å².